The number of benzene rings is 2. The normalized spacial score (nSPS) is 16.8. The molecule has 3 aromatic rings. The third-order valence-electron chi connectivity index (χ3n) is 5.16. The van der Waals surface area contributed by atoms with E-state index in [0.29, 0.717) is 5.69 Å². The van der Waals surface area contributed by atoms with Crippen LogP contribution in [0.2, 0.25) is 0 Å². The average Bonchev–Trinajstić information content (AvgIpc) is 2.76. The van der Waals surface area contributed by atoms with Crippen molar-refractivity contribution in [3.63, 3.8) is 0 Å². The second-order valence-corrected chi connectivity index (χ2v) is 7.11. The lowest BCUT2D eigenvalue weighted by atomic mass is 9.95. The fraction of sp³-hybridized carbons (Fsp3) is 0.208. The Morgan fingerprint density at radius 2 is 1.83 bits per heavy atom. The first kappa shape index (κ1) is 19.6. The maximum absolute atomic E-state index is 13.3. The predicted octanol–water partition coefficient (Wildman–Crippen LogP) is 4.08. The van der Waals surface area contributed by atoms with Crippen LogP contribution in [0.25, 0.3) is 10.9 Å². The zero-order chi connectivity index (χ0) is 21.1. The number of amides is 1. The fourth-order valence-corrected chi connectivity index (χ4v) is 3.71. The van der Waals surface area contributed by atoms with Crippen molar-refractivity contribution in [3.8, 4) is 0 Å². The molecule has 0 bridgehead atoms. The lowest BCUT2D eigenvalue weighted by Crippen LogP contribution is -2.42. The summed E-state index contributed by atoms with van der Waals surface area (Å²) in [5.41, 5.74) is 2.08. The molecule has 0 aliphatic carbocycles. The minimum absolute atomic E-state index is 0.0953. The lowest BCUT2D eigenvalue weighted by Gasteiger charge is -2.35. The second kappa shape index (κ2) is 8.37. The first-order valence-corrected chi connectivity index (χ1v) is 9.88. The summed E-state index contributed by atoms with van der Waals surface area (Å²) in [6, 6.07) is 20.6. The molecule has 6 heteroatoms. The summed E-state index contributed by atoms with van der Waals surface area (Å²) in [4.78, 5) is 31.9. The molecule has 2 heterocycles. The van der Waals surface area contributed by atoms with Gasteiger partial charge in [0.2, 0.25) is 0 Å². The quantitative estimate of drug-likeness (QED) is 0.514. The van der Waals surface area contributed by atoms with Crippen molar-refractivity contribution in [1.82, 2.24) is 9.88 Å². The molecule has 0 radical (unpaired) electrons. The van der Waals surface area contributed by atoms with Crippen LogP contribution in [0, 0.1) is 0 Å². The zero-order valence-corrected chi connectivity index (χ0v) is 16.6. The summed E-state index contributed by atoms with van der Waals surface area (Å²) in [7, 11) is 0. The van der Waals surface area contributed by atoms with E-state index in [1.165, 1.54) is 0 Å². The van der Waals surface area contributed by atoms with Gasteiger partial charge in [-0.05, 0) is 24.6 Å². The van der Waals surface area contributed by atoms with Gasteiger partial charge in [-0.3, -0.25) is 9.78 Å². The van der Waals surface area contributed by atoms with E-state index in [1.54, 1.807) is 11.8 Å². The minimum atomic E-state index is -0.803. The van der Waals surface area contributed by atoms with Crippen molar-refractivity contribution in [1.29, 1.82) is 0 Å². The van der Waals surface area contributed by atoms with Gasteiger partial charge in [0.05, 0.1) is 23.9 Å². The number of para-hydroxylation sites is 1. The number of carbonyl (C=O) groups excluding carboxylic acids is 2. The Morgan fingerprint density at radius 3 is 2.60 bits per heavy atom. The Morgan fingerprint density at radius 1 is 1.10 bits per heavy atom. The van der Waals surface area contributed by atoms with Crippen LogP contribution < -0.4 is 0 Å². The van der Waals surface area contributed by atoms with E-state index in [4.69, 9.17) is 9.72 Å². The first-order valence-electron chi connectivity index (χ1n) is 9.88. The molecule has 1 aliphatic heterocycles. The van der Waals surface area contributed by atoms with Crippen LogP contribution >= 0.6 is 0 Å². The maximum atomic E-state index is 13.3. The summed E-state index contributed by atoms with van der Waals surface area (Å²) in [6.07, 6.45) is 0.0953. The van der Waals surface area contributed by atoms with Gasteiger partial charge in [-0.2, -0.15) is 0 Å². The molecule has 0 fully saturated rings. The molecular formula is C24H22N2O4. The number of hydrogen-bond donors (Lipinski definition) is 1. The lowest BCUT2D eigenvalue weighted by molar-refractivity contribution is -0.144. The summed E-state index contributed by atoms with van der Waals surface area (Å²) >= 11 is 0. The van der Waals surface area contributed by atoms with E-state index in [0.717, 1.165) is 16.5 Å². The molecule has 1 amide bonds. The molecule has 1 N–H and O–H groups in total. The molecule has 1 atom stereocenters. The highest BCUT2D eigenvalue weighted by molar-refractivity contribution is 6.17. The number of rotatable bonds is 5. The van der Waals surface area contributed by atoms with E-state index in [2.05, 4.69) is 0 Å². The molecule has 30 heavy (non-hydrogen) atoms. The maximum Gasteiger partial charge on any atom is 0.347 e. The van der Waals surface area contributed by atoms with Gasteiger partial charge in [0.15, 0.2) is 5.57 Å². The van der Waals surface area contributed by atoms with Gasteiger partial charge in [0, 0.05) is 18.4 Å². The third-order valence-corrected chi connectivity index (χ3v) is 5.16. The molecule has 2 aromatic carbocycles. The summed E-state index contributed by atoms with van der Waals surface area (Å²) in [5, 5.41) is 11.6. The van der Waals surface area contributed by atoms with Crippen molar-refractivity contribution < 1.29 is 19.4 Å². The number of esters is 1. The molecule has 1 aromatic heterocycles. The van der Waals surface area contributed by atoms with E-state index < -0.39 is 17.9 Å². The van der Waals surface area contributed by atoms with E-state index in [9.17, 15) is 14.7 Å². The Bertz CT molecular complexity index is 1120. The smallest absolute Gasteiger partial charge is 0.347 e. The van der Waals surface area contributed by atoms with Gasteiger partial charge in [0.25, 0.3) is 5.91 Å². The minimum Gasteiger partial charge on any atom is -0.511 e. The number of carbonyl (C=O) groups is 2. The fourth-order valence-electron chi connectivity index (χ4n) is 3.71. The highest BCUT2D eigenvalue weighted by Gasteiger charge is 2.40. The number of aliphatic hydroxyl groups excluding tert-OH is 1. The van der Waals surface area contributed by atoms with Crippen LogP contribution in [0.15, 0.2) is 78.1 Å². The van der Waals surface area contributed by atoms with Gasteiger partial charge in [-0.15, -0.1) is 0 Å². The largest absolute Gasteiger partial charge is 0.511 e. The van der Waals surface area contributed by atoms with Crippen LogP contribution in [0.1, 0.15) is 30.6 Å². The Kier molecular flexibility index (Phi) is 5.48. The number of hydrogen-bond acceptors (Lipinski definition) is 5. The monoisotopic (exact) mass is 402 g/mol. The second-order valence-electron chi connectivity index (χ2n) is 7.11. The van der Waals surface area contributed by atoms with Gasteiger partial charge in [-0.25, -0.2) is 4.79 Å². The number of fused-ring (bicyclic) bond motifs is 1. The van der Waals surface area contributed by atoms with Crippen molar-refractivity contribution in [2.45, 2.75) is 25.9 Å². The number of aliphatic hydroxyl groups is 1. The van der Waals surface area contributed by atoms with Crippen molar-refractivity contribution in [3.05, 3.63) is 89.3 Å². The summed E-state index contributed by atoms with van der Waals surface area (Å²) in [6.45, 7) is 2.07. The van der Waals surface area contributed by atoms with Gasteiger partial charge in [0.1, 0.15) is 5.76 Å². The predicted molar refractivity (Wildman–Crippen MR) is 112 cm³/mol. The zero-order valence-electron chi connectivity index (χ0n) is 16.6. The van der Waals surface area contributed by atoms with Crippen molar-refractivity contribution in [2.24, 2.45) is 0 Å². The number of ether oxygens (including phenoxy) is 1. The average molecular weight is 402 g/mol. The molecular weight excluding hydrogens is 380 g/mol. The molecule has 0 saturated carbocycles. The van der Waals surface area contributed by atoms with Crippen LogP contribution in [0.5, 0.6) is 0 Å². The standard InChI is InChI=1S/C24H22N2O4/c1-2-30-24(29)22-21(27)14-20(19-13-12-17-10-6-7-11-18(17)25-19)26(23(22)28)15-16-8-4-3-5-9-16/h3-13,20,27H,2,14-15H2,1H3. The number of nitrogens with zero attached hydrogens (tertiary/aromatic N) is 2. The Hall–Kier alpha value is -3.67. The molecule has 1 unspecified atom stereocenters. The number of pyridine rings is 1. The van der Waals surface area contributed by atoms with Crippen LogP contribution in [0.3, 0.4) is 0 Å². The molecule has 1 aliphatic rings. The van der Waals surface area contributed by atoms with Crippen LogP contribution in [0.4, 0.5) is 0 Å². The Balaban J connectivity index is 1.77. The van der Waals surface area contributed by atoms with Gasteiger partial charge >= 0.3 is 5.97 Å². The number of aromatic nitrogens is 1. The molecule has 4 rings (SSSR count). The summed E-state index contributed by atoms with van der Waals surface area (Å²) in [5.74, 6) is -1.62. The van der Waals surface area contributed by atoms with Gasteiger partial charge in [-0.1, -0.05) is 54.6 Å². The first-order chi connectivity index (χ1) is 14.6. The van der Waals surface area contributed by atoms with E-state index >= 15 is 0 Å². The van der Waals surface area contributed by atoms with E-state index in [1.807, 2.05) is 66.7 Å². The van der Waals surface area contributed by atoms with Crippen molar-refractivity contribution in [2.75, 3.05) is 6.61 Å². The third kappa shape index (κ3) is 3.76. The summed E-state index contributed by atoms with van der Waals surface area (Å²) < 4.78 is 5.00. The highest BCUT2D eigenvalue weighted by Crippen LogP contribution is 2.35. The van der Waals surface area contributed by atoms with Crippen molar-refractivity contribution >= 4 is 22.8 Å². The molecule has 6 nitrogen and oxygen atoms in total. The van der Waals surface area contributed by atoms with Crippen LogP contribution in [-0.4, -0.2) is 33.5 Å². The Labute approximate surface area is 174 Å². The van der Waals surface area contributed by atoms with E-state index in [-0.39, 0.29) is 30.9 Å². The van der Waals surface area contributed by atoms with Gasteiger partial charge < -0.3 is 14.7 Å². The molecule has 0 saturated heterocycles. The molecule has 0 spiro atoms. The SMILES string of the molecule is CCOC(=O)C1=C(O)CC(c2ccc3ccccc3n2)N(Cc2ccccc2)C1=O. The highest BCUT2D eigenvalue weighted by atomic mass is 16.5. The van der Waals surface area contributed by atoms with Crippen LogP contribution in [-0.2, 0) is 20.9 Å². The molecule has 152 valence electrons. The topological polar surface area (TPSA) is 79.7 Å².